The fourth-order valence-corrected chi connectivity index (χ4v) is 6.37. The van der Waals surface area contributed by atoms with Gasteiger partial charge in [0.05, 0.1) is 23.7 Å². The van der Waals surface area contributed by atoms with E-state index in [1.807, 2.05) is 0 Å². The molecule has 2 saturated heterocycles. The van der Waals surface area contributed by atoms with Crippen LogP contribution in [0.5, 0.6) is 0 Å². The van der Waals surface area contributed by atoms with Crippen LogP contribution in [0, 0.1) is 11.7 Å². The largest absolute Gasteiger partial charge is 0.481 e. The second-order valence-electron chi connectivity index (χ2n) is 9.64. The molecule has 4 heterocycles. The summed E-state index contributed by atoms with van der Waals surface area (Å²) >= 11 is 7.16. The summed E-state index contributed by atoms with van der Waals surface area (Å²) in [4.78, 5) is 34.9. The lowest BCUT2D eigenvalue weighted by Gasteiger charge is -2.40. The molecular weight excluding hydrogens is 545 g/mol. The van der Waals surface area contributed by atoms with Gasteiger partial charge in [-0.1, -0.05) is 17.7 Å². The highest BCUT2D eigenvalue weighted by molar-refractivity contribution is 7.11. The first-order valence-electron chi connectivity index (χ1n) is 11.9. The van der Waals surface area contributed by atoms with Gasteiger partial charge in [0.1, 0.15) is 11.9 Å². The molecule has 2 bridgehead atoms. The van der Waals surface area contributed by atoms with Gasteiger partial charge in [-0.3, -0.25) is 14.7 Å². The number of carbonyl (C=O) groups is 2. The summed E-state index contributed by atoms with van der Waals surface area (Å²) < 4.78 is 49.6. The van der Waals surface area contributed by atoms with Gasteiger partial charge >= 0.3 is 11.9 Å². The van der Waals surface area contributed by atoms with Gasteiger partial charge in [0, 0.05) is 42.7 Å². The number of methoxy groups -OCH3 is 1. The Balaban J connectivity index is 1.56. The normalized spacial score (nSPS) is 26.6. The Bertz CT molecular complexity index is 1320. The minimum Gasteiger partial charge on any atom is -0.481 e. The maximum absolute atomic E-state index is 15.1. The minimum atomic E-state index is -3.01. The number of amidine groups is 1. The van der Waals surface area contributed by atoms with Crippen LogP contribution in [0.3, 0.4) is 0 Å². The van der Waals surface area contributed by atoms with Crippen LogP contribution in [-0.4, -0.2) is 64.4 Å². The minimum absolute atomic E-state index is 0.0237. The Morgan fingerprint density at radius 1 is 1.34 bits per heavy atom. The van der Waals surface area contributed by atoms with E-state index in [1.165, 1.54) is 30.6 Å². The van der Waals surface area contributed by atoms with Gasteiger partial charge in [0.2, 0.25) is 0 Å². The number of aliphatic carboxylic acids is 1. The van der Waals surface area contributed by atoms with Crippen molar-refractivity contribution in [3.63, 3.8) is 0 Å². The first-order chi connectivity index (χ1) is 18.1. The number of carbonyl (C=O) groups excluding carboxylic acids is 1. The van der Waals surface area contributed by atoms with Gasteiger partial charge in [-0.2, -0.15) is 0 Å². The quantitative estimate of drug-likeness (QED) is 0.477. The van der Waals surface area contributed by atoms with E-state index in [0.29, 0.717) is 28.5 Å². The van der Waals surface area contributed by atoms with Gasteiger partial charge in [-0.15, -0.1) is 11.3 Å². The van der Waals surface area contributed by atoms with Crippen molar-refractivity contribution in [3.8, 4) is 0 Å². The number of aromatic nitrogens is 1. The fraction of sp³-hybridized carbons (Fsp3) is 0.440. The molecule has 2 fully saturated rings. The number of aliphatic imine (C=N–C) groups is 1. The zero-order valence-corrected chi connectivity index (χ0v) is 21.7. The van der Waals surface area contributed by atoms with E-state index in [0.717, 1.165) is 0 Å². The first kappa shape index (κ1) is 26.6. The van der Waals surface area contributed by atoms with Crippen molar-refractivity contribution in [2.24, 2.45) is 10.9 Å². The number of fused-ring (bicyclic) bond motifs is 2. The van der Waals surface area contributed by atoms with E-state index < -0.39 is 48.2 Å². The van der Waals surface area contributed by atoms with Gasteiger partial charge in [-0.05, 0) is 36.5 Å². The Labute approximate surface area is 225 Å². The number of alkyl halides is 2. The number of nitrogens with one attached hydrogen (secondary N) is 1. The van der Waals surface area contributed by atoms with Crippen LogP contribution >= 0.6 is 22.9 Å². The third-order valence-electron chi connectivity index (χ3n) is 7.26. The highest BCUT2D eigenvalue weighted by Crippen LogP contribution is 2.49. The summed E-state index contributed by atoms with van der Waals surface area (Å²) in [6, 6.07) is 1.31. The smallest absolute Gasteiger partial charge is 0.338 e. The lowest BCUT2D eigenvalue weighted by molar-refractivity contribution is -0.139. The second-order valence-corrected chi connectivity index (χ2v) is 10.9. The summed E-state index contributed by atoms with van der Waals surface area (Å²) in [5.74, 6) is -5.52. The summed E-state index contributed by atoms with van der Waals surface area (Å²) in [7, 11) is 1.20. The molecule has 2 aromatic rings. The highest BCUT2D eigenvalue weighted by atomic mass is 35.5. The van der Waals surface area contributed by atoms with Crippen LogP contribution < -0.4 is 5.32 Å². The molecular formula is C25H24ClF3N4O4S. The van der Waals surface area contributed by atoms with E-state index in [4.69, 9.17) is 16.3 Å². The molecule has 0 radical (unpaired) electrons. The number of esters is 1. The van der Waals surface area contributed by atoms with Crippen molar-refractivity contribution >= 4 is 40.7 Å². The average molecular weight is 569 g/mol. The molecule has 13 heteroatoms. The maximum atomic E-state index is 15.1. The molecule has 1 aromatic heterocycles. The summed E-state index contributed by atoms with van der Waals surface area (Å²) in [5, 5.41) is 14.5. The van der Waals surface area contributed by atoms with Crippen LogP contribution in [0.2, 0.25) is 5.02 Å². The molecule has 38 heavy (non-hydrogen) atoms. The molecule has 0 aliphatic carbocycles. The Morgan fingerprint density at radius 2 is 2.13 bits per heavy atom. The molecule has 3 aliphatic rings. The Hall–Kier alpha value is -2.96. The van der Waals surface area contributed by atoms with E-state index in [1.54, 1.807) is 22.5 Å². The van der Waals surface area contributed by atoms with E-state index in [9.17, 15) is 19.1 Å². The molecule has 8 nitrogen and oxygen atoms in total. The molecule has 0 amide bonds. The summed E-state index contributed by atoms with van der Waals surface area (Å²) in [6.45, 7) is -0.0634. The number of hydrogen-bond donors (Lipinski definition) is 2. The summed E-state index contributed by atoms with van der Waals surface area (Å²) in [5.41, 5.74) is 0.681. The van der Waals surface area contributed by atoms with Crippen LogP contribution in [0.1, 0.15) is 42.3 Å². The third-order valence-corrected chi connectivity index (χ3v) is 8.34. The van der Waals surface area contributed by atoms with Gasteiger partial charge in [0.15, 0.2) is 10.8 Å². The third kappa shape index (κ3) is 5.04. The van der Waals surface area contributed by atoms with Crippen molar-refractivity contribution < 1.29 is 32.6 Å². The van der Waals surface area contributed by atoms with Crippen LogP contribution in [0.25, 0.3) is 0 Å². The number of hydrogen-bond acceptors (Lipinski definition) is 8. The second kappa shape index (κ2) is 10.3. The zero-order valence-electron chi connectivity index (χ0n) is 20.2. The van der Waals surface area contributed by atoms with Crippen LogP contribution in [0.15, 0.2) is 46.0 Å². The molecule has 2 N–H and O–H groups in total. The van der Waals surface area contributed by atoms with E-state index in [2.05, 4.69) is 15.3 Å². The fourth-order valence-electron chi connectivity index (χ4n) is 5.67. The number of thiazole rings is 1. The first-order valence-corrected chi connectivity index (χ1v) is 13.2. The molecule has 0 unspecified atom stereocenters. The van der Waals surface area contributed by atoms with Crippen molar-refractivity contribution in [1.29, 1.82) is 0 Å². The lowest BCUT2D eigenvalue weighted by atomic mass is 9.87. The maximum Gasteiger partial charge on any atom is 0.338 e. The molecule has 5 rings (SSSR count). The number of carboxylic acids is 1. The predicted octanol–water partition coefficient (Wildman–Crippen LogP) is 4.42. The highest BCUT2D eigenvalue weighted by Gasteiger charge is 2.57. The van der Waals surface area contributed by atoms with Crippen molar-refractivity contribution in [2.45, 2.75) is 49.7 Å². The molecule has 0 saturated carbocycles. The number of nitrogens with zero attached hydrogens (tertiary/aromatic N) is 3. The van der Waals surface area contributed by atoms with E-state index in [-0.39, 0.29) is 35.9 Å². The van der Waals surface area contributed by atoms with E-state index >= 15 is 8.78 Å². The van der Waals surface area contributed by atoms with Gasteiger partial charge in [-0.25, -0.2) is 22.9 Å². The topological polar surface area (TPSA) is 104 Å². The summed E-state index contributed by atoms with van der Waals surface area (Å²) in [6.07, 6.45) is 1.34. The monoisotopic (exact) mass is 568 g/mol. The Morgan fingerprint density at radius 3 is 2.76 bits per heavy atom. The number of rotatable bonds is 7. The SMILES string of the molecule is COC(=O)C1=C(CN2[C@@H]3C[C@@H](CC(=O)O)C[C@H]2C(F)(F)C3)NC(c2nccs2)=N[C@H]1c1ccc(Cl)c(F)c1. The lowest BCUT2D eigenvalue weighted by Crippen LogP contribution is -2.50. The standard InChI is InChI=1S/C25H24ClF3N4O4S/c1-37-24(36)20-17(11-33-14-6-12(8-19(34)35)7-18(33)25(28,29)10-14)31-22(23-30-4-5-38-23)32-21(20)13-2-3-15(26)16(27)9-13/h2-5,9,12,14,18,21H,6-8,10-11H2,1H3,(H,31,32)(H,34,35)/t12-,14-,18+,21+/m1/s1. The molecule has 3 aliphatic heterocycles. The number of halogens is 4. The van der Waals surface area contributed by atoms with Crippen molar-refractivity contribution in [1.82, 2.24) is 15.2 Å². The molecule has 1 aromatic carbocycles. The predicted molar refractivity (Wildman–Crippen MR) is 134 cm³/mol. The number of benzene rings is 1. The zero-order chi connectivity index (χ0) is 27.2. The average Bonchev–Trinajstić information content (AvgIpc) is 3.44. The number of piperidine rings is 1. The van der Waals surface area contributed by atoms with Crippen LogP contribution in [-0.2, 0) is 14.3 Å². The van der Waals surface area contributed by atoms with Crippen molar-refractivity contribution in [2.75, 3.05) is 13.7 Å². The molecule has 4 atom stereocenters. The molecule has 202 valence electrons. The number of ether oxygens (including phenoxy) is 1. The van der Waals surface area contributed by atoms with Crippen LogP contribution in [0.4, 0.5) is 13.2 Å². The van der Waals surface area contributed by atoms with Gasteiger partial charge < -0.3 is 15.2 Å². The molecule has 0 spiro atoms. The number of carboxylic acid groups (broad SMARTS) is 1. The van der Waals surface area contributed by atoms with Gasteiger partial charge in [0.25, 0.3) is 5.92 Å². The Kier molecular flexibility index (Phi) is 7.23. The van der Waals surface area contributed by atoms with Crippen molar-refractivity contribution in [3.05, 3.63) is 62.5 Å².